The van der Waals surface area contributed by atoms with Crippen molar-refractivity contribution >= 4 is 58.1 Å². The molecule has 0 radical (unpaired) electrons. The fourth-order valence-electron chi connectivity index (χ4n) is 3.11. The van der Waals surface area contributed by atoms with Gasteiger partial charge in [0.2, 0.25) is 5.91 Å². The molecule has 1 aliphatic heterocycles. The van der Waals surface area contributed by atoms with Crippen molar-refractivity contribution in [2.45, 2.75) is 12.5 Å². The van der Waals surface area contributed by atoms with Gasteiger partial charge in [0, 0.05) is 10.7 Å². The number of nitrogens with zero attached hydrogens (tertiary/aromatic N) is 2. The number of rotatable bonds is 7. The van der Waals surface area contributed by atoms with Crippen molar-refractivity contribution in [1.82, 2.24) is 4.90 Å². The fraction of sp³-hybridized carbons (Fsp3) is 0.238. The first-order valence-corrected chi connectivity index (χ1v) is 10.0. The molecular formula is C21H20ClN3O5S. The minimum atomic E-state index is -0.958. The Kier molecular flexibility index (Phi) is 7.09. The number of benzene rings is 2. The normalized spacial score (nSPS) is 15.8. The second kappa shape index (κ2) is 9.76. The van der Waals surface area contributed by atoms with E-state index in [2.05, 4.69) is 5.32 Å². The zero-order valence-electron chi connectivity index (χ0n) is 16.8. The Morgan fingerprint density at radius 3 is 2.32 bits per heavy atom. The highest BCUT2D eigenvalue weighted by Gasteiger charge is 2.45. The number of halogens is 1. The highest BCUT2D eigenvalue weighted by molar-refractivity contribution is 7.80. The molecule has 31 heavy (non-hydrogen) atoms. The number of thiocarbonyl (C=S) groups is 1. The van der Waals surface area contributed by atoms with Crippen molar-refractivity contribution in [2.24, 2.45) is 0 Å². The maximum atomic E-state index is 13.2. The first kappa shape index (κ1) is 22.5. The number of carbonyl (C=O) groups is 3. The summed E-state index contributed by atoms with van der Waals surface area (Å²) in [6.45, 7) is -0.258. The van der Waals surface area contributed by atoms with Crippen molar-refractivity contribution in [3.63, 3.8) is 0 Å². The maximum Gasteiger partial charge on any atom is 0.325 e. The van der Waals surface area contributed by atoms with Crippen LogP contribution in [0.25, 0.3) is 0 Å². The van der Waals surface area contributed by atoms with Gasteiger partial charge in [0.25, 0.3) is 5.91 Å². The maximum absolute atomic E-state index is 13.2. The molecule has 162 valence electrons. The monoisotopic (exact) mass is 461 g/mol. The van der Waals surface area contributed by atoms with Gasteiger partial charge in [-0.15, -0.1) is 0 Å². The average Bonchev–Trinajstić information content (AvgIpc) is 2.98. The van der Waals surface area contributed by atoms with E-state index >= 15 is 0 Å². The lowest BCUT2D eigenvalue weighted by atomic mass is 10.1. The highest BCUT2D eigenvalue weighted by atomic mass is 35.5. The summed E-state index contributed by atoms with van der Waals surface area (Å²) in [5, 5.41) is 3.35. The van der Waals surface area contributed by atoms with Gasteiger partial charge in [-0.3, -0.25) is 19.3 Å². The highest BCUT2D eigenvalue weighted by Crippen LogP contribution is 2.28. The zero-order chi connectivity index (χ0) is 22.5. The second-order valence-electron chi connectivity index (χ2n) is 6.63. The molecule has 0 aliphatic carbocycles. The minimum absolute atomic E-state index is 0.111. The van der Waals surface area contributed by atoms with Gasteiger partial charge >= 0.3 is 5.97 Å². The molecule has 0 saturated carbocycles. The molecule has 8 nitrogen and oxygen atoms in total. The van der Waals surface area contributed by atoms with Gasteiger partial charge in [-0.2, -0.15) is 0 Å². The van der Waals surface area contributed by atoms with Crippen molar-refractivity contribution in [2.75, 3.05) is 31.0 Å². The van der Waals surface area contributed by atoms with Crippen LogP contribution in [0.2, 0.25) is 5.02 Å². The van der Waals surface area contributed by atoms with Crippen molar-refractivity contribution in [3.8, 4) is 5.75 Å². The minimum Gasteiger partial charge on any atom is -0.497 e. The SMILES string of the molecule is COC(=O)CN1C(=S)N(c2ccc(Cl)cc2)C(=O)[C@@H]1CC(=O)Nc1ccc(OC)cc1. The van der Waals surface area contributed by atoms with Gasteiger partial charge in [-0.25, -0.2) is 0 Å². The fourth-order valence-corrected chi connectivity index (χ4v) is 3.62. The molecule has 0 bridgehead atoms. The smallest absolute Gasteiger partial charge is 0.325 e. The van der Waals surface area contributed by atoms with E-state index in [4.69, 9.17) is 33.3 Å². The van der Waals surface area contributed by atoms with E-state index in [1.807, 2.05) is 0 Å². The topological polar surface area (TPSA) is 88.2 Å². The van der Waals surface area contributed by atoms with E-state index in [-0.39, 0.29) is 18.1 Å². The van der Waals surface area contributed by atoms with Crippen LogP contribution in [-0.2, 0) is 19.1 Å². The summed E-state index contributed by atoms with van der Waals surface area (Å²) in [5.41, 5.74) is 1.04. The van der Waals surface area contributed by atoms with E-state index in [1.165, 1.54) is 16.9 Å². The molecule has 1 heterocycles. The standard InChI is InChI=1S/C21H20ClN3O5S/c1-29-16-9-5-14(6-10-16)23-18(26)11-17-20(28)25(15-7-3-13(22)4-8-15)21(31)24(17)12-19(27)30-2/h3-10,17H,11-12H2,1-2H3,(H,23,26)/t17-/m0/s1. The van der Waals surface area contributed by atoms with Gasteiger partial charge in [0.15, 0.2) is 5.11 Å². The number of hydrogen-bond donors (Lipinski definition) is 1. The summed E-state index contributed by atoms with van der Waals surface area (Å²) >= 11 is 11.4. The third-order valence-electron chi connectivity index (χ3n) is 4.68. The zero-order valence-corrected chi connectivity index (χ0v) is 18.4. The van der Waals surface area contributed by atoms with E-state index in [0.717, 1.165) is 0 Å². The van der Waals surface area contributed by atoms with Crippen LogP contribution in [-0.4, -0.2) is 54.6 Å². The van der Waals surface area contributed by atoms with Gasteiger partial charge in [-0.1, -0.05) is 11.6 Å². The average molecular weight is 462 g/mol. The Morgan fingerprint density at radius 2 is 1.74 bits per heavy atom. The lowest BCUT2D eigenvalue weighted by Gasteiger charge is -2.22. The van der Waals surface area contributed by atoms with E-state index in [0.29, 0.717) is 22.1 Å². The summed E-state index contributed by atoms with van der Waals surface area (Å²) in [7, 11) is 2.79. The van der Waals surface area contributed by atoms with E-state index in [9.17, 15) is 14.4 Å². The number of anilines is 2. The molecule has 0 aromatic heterocycles. The van der Waals surface area contributed by atoms with Crippen LogP contribution in [0, 0.1) is 0 Å². The van der Waals surface area contributed by atoms with Crippen molar-refractivity contribution in [3.05, 3.63) is 53.6 Å². The quantitative estimate of drug-likeness (QED) is 0.501. The molecule has 10 heteroatoms. The predicted molar refractivity (Wildman–Crippen MR) is 120 cm³/mol. The molecule has 1 aliphatic rings. The van der Waals surface area contributed by atoms with Crippen LogP contribution in [0.4, 0.5) is 11.4 Å². The Bertz CT molecular complexity index is 997. The number of ether oxygens (including phenoxy) is 2. The van der Waals surface area contributed by atoms with Crippen LogP contribution in [0.15, 0.2) is 48.5 Å². The molecule has 1 saturated heterocycles. The van der Waals surface area contributed by atoms with Crippen LogP contribution in [0.1, 0.15) is 6.42 Å². The van der Waals surface area contributed by atoms with Gasteiger partial charge in [0.05, 0.1) is 26.3 Å². The van der Waals surface area contributed by atoms with E-state index < -0.39 is 23.8 Å². The number of nitrogens with one attached hydrogen (secondary N) is 1. The van der Waals surface area contributed by atoms with Gasteiger partial charge in [0.1, 0.15) is 18.3 Å². The third kappa shape index (κ3) is 5.12. The summed E-state index contributed by atoms with van der Waals surface area (Å²) in [6.07, 6.45) is -0.202. The predicted octanol–water partition coefficient (Wildman–Crippen LogP) is 2.85. The van der Waals surface area contributed by atoms with Gasteiger partial charge in [-0.05, 0) is 60.7 Å². The molecular weight excluding hydrogens is 442 g/mol. The molecule has 0 unspecified atom stereocenters. The van der Waals surface area contributed by atoms with Crippen molar-refractivity contribution in [1.29, 1.82) is 0 Å². The third-order valence-corrected chi connectivity index (χ3v) is 5.35. The van der Waals surface area contributed by atoms with Crippen LogP contribution in [0.5, 0.6) is 5.75 Å². The lowest BCUT2D eigenvalue weighted by Crippen LogP contribution is -2.41. The van der Waals surface area contributed by atoms with Crippen LogP contribution < -0.4 is 15.0 Å². The largest absolute Gasteiger partial charge is 0.497 e. The Labute approximate surface area is 189 Å². The summed E-state index contributed by atoms with van der Waals surface area (Å²) in [4.78, 5) is 40.4. The molecule has 2 aromatic rings. The van der Waals surface area contributed by atoms with Crippen LogP contribution in [0.3, 0.4) is 0 Å². The molecule has 3 rings (SSSR count). The molecule has 1 fully saturated rings. The summed E-state index contributed by atoms with van der Waals surface area (Å²) in [5.74, 6) is -0.744. The first-order chi connectivity index (χ1) is 14.8. The van der Waals surface area contributed by atoms with Crippen molar-refractivity contribution < 1.29 is 23.9 Å². The molecule has 2 aromatic carbocycles. The Balaban J connectivity index is 1.81. The number of amides is 2. The summed E-state index contributed by atoms with van der Waals surface area (Å²) < 4.78 is 9.82. The number of hydrogen-bond acceptors (Lipinski definition) is 6. The second-order valence-corrected chi connectivity index (χ2v) is 7.43. The molecule has 1 atom stereocenters. The molecule has 2 amide bonds. The number of esters is 1. The Hall–Kier alpha value is -3.17. The Morgan fingerprint density at radius 1 is 1.10 bits per heavy atom. The molecule has 1 N–H and O–H groups in total. The lowest BCUT2D eigenvalue weighted by molar-refractivity contribution is -0.141. The first-order valence-electron chi connectivity index (χ1n) is 9.25. The van der Waals surface area contributed by atoms with E-state index in [1.54, 1.807) is 55.6 Å². The summed E-state index contributed by atoms with van der Waals surface area (Å²) in [6, 6.07) is 12.4. The molecule has 0 spiro atoms. The van der Waals surface area contributed by atoms with Gasteiger partial charge < -0.3 is 19.7 Å². The number of methoxy groups -OCH3 is 2. The van der Waals surface area contributed by atoms with Crippen LogP contribution >= 0.6 is 23.8 Å². The number of carbonyl (C=O) groups excluding carboxylic acids is 3.